The normalized spacial score (nSPS) is 20.4. The van der Waals surface area contributed by atoms with Crippen LogP contribution in [-0.4, -0.2) is 13.2 Å². The molecule has 2 rings (SSSR count). The van der Waals surface area contributed by atoms with Crippen molar-refractivity contribution in [1.29, 1.82) is 0 Å². The Kier molecular flexibility index (Phi) is 2.98. The van der Waals surface area contributed by atoms with E-state index in [-0.39, 0.29) is 6.04 Å². The molecule has 76 valence electrons. The van der Waals surface area contributed by atoms with Crippen molar-refractivity contribution in [2.45, 2.75) is 12.6 Å². The van der Waals surface area contributed by atoms with E-state index < -0.39 is 0 Å². The number of hydroxylamine groups is 1. The predicted molar refractivity (Wildman–Crippen MR) is 52.4 cm³/mol. The third-order valence-corrected chi connectivity index (χ3v) is 2.24. The number of hydrogen-bond donors (Lipinski definition) is 2. The van der Waals surface area contributed by atoms with Crippen LogP contribution in [0.5, 0.6) is 0 Å². The molecular weight excluding hydrogens is 180 g/mol. The molecule has 1 unspecified atom stereocenters. The van der Waals surface area contributed by atoms with Gasteiger partial charge in [0.05, 0.1) is 25.2 Å². The van der Waals surface area contributed by atoms with Gasteiger partial charge >= 0.3 is 0 Å². The summed E-state index contributed by atoms with van der Waals surface area (Å²) in [6.07, 6.45) is 5.24. The highest BCUT2D eigenvalue weighted by Crippen LogP contribution is 2.22. The summed E-state index contributed by atoms with van der Waals surface area (Å²) in [5.41, 5.74) is 5.34. The number of furan rings is 1. The van der Waals surface area contributed by atoms with Gasteiger partial charge in [0.1, 0.15) is 0 Å². The monoisotopic (exact) mass is 194 g/mol. The highest BCUT2D eigenvalue weighted by molar-refractivity contribution is 5.26. The Morgan fingerprint density at radius 3 is 3.50 bits per heavy atom. The van der Waals surface area contributed by atoms with Crippen LogP contribution in [0.2, 0.25) is 0 Å². The zero-order valence-corrected chi connectivity index (χ0v) is 7.95. The van der Waals surface area contributed by atoms with Crippen molar-refractivity contribution in [3.05, 3.63) is 36.3 Å². The molecule has 0 saturated heterocycles. The summed E-state index contributed by atoms with van der Waals surface area (Å²) in [6, 6.07) is 0.164. The zero-order chi connectivity index (χ0) is 9.80. The Balaban J connectivity index is 1.98. The number of nitrogens with one attached hydrogen (secondary N) is 2. The molecule has 1 aliphatic rings. The van der Waals surface area contributed by atoms with Gasteiger partial charge in [0, 0.05) is 24.2 Å². The molecule has 0 fully saturated rings. The van der Waals surface area contributed by atoms with Gasteiger partial charge < -0.3 is 9.73 Å². The lowest BCUT2D eigenvalue weighted by molar-refractivity contribution is 0.0324. The lowest BCUT2D eigenvalue weighted by Crippen LogP contribution is -2.35. The molecule has 0 bridgehead atoms. The van der Waals surface area contributed by atoms with E-state index in [4.69, 9.17) is 9.25 Å². The Hall–Kier alpha value is -1.10. The molecule has 0 saturated carbocycles. The lowest BCUT2D eigenvalue weighted by Gasteiger charge is -2.23. The van der Waals surface area contributed by atoms with Crippen molar-refractivity contribution in [3.63, 3.8) is 0 Å². The van der Waals surface area contributed by atoms with Crippen LogP contribution >= 0.6 is 0 Å². The quantitative estimate of drug-likeness (QED) is 0.428. The van der Waals surface area contributed by atoms with E-state index in [1.54, 1.807) is 18.6 Å². The minimum absolute atomic E-state index is 0.164. The lowest BCUT2D eigenvalue weighted by atomic mass is 10.0. The van der Waals surface area contributed by atoms with E-state index in [1.807, 2.05) is 0 Å². The number of hydrogen-bond acceptors (Lipinski definition) is 4. The first-order valence-corrected chi connectivity index (χ1v) is 4.65. The summed E-state index contributed by atoms with van der Waals surface area (Å²) >= 11 is 0. The molecule has 0 radical (unpaired) electrons. The van der Waals surface area contributed by atoms with E-state index in [0.29, 0.717) is 6.61 Å². The van der Waals surface area contributed by atoms with E-state index in [2.05, 4.69) is 17.4 Å². The molecular formula is C10H14N2O2. The summed E-state index contributed by atoms with van der Waals surface area (Å²) < 4.78 is 5.15. The Morgan fingerprint density at radius 2 is 2.64 bits per heavy atom. The summed E-state index contributed by atoms with van der Waals surface area (Å²) in [5, 5.41) is 3.28. The average Bonchev–Trinajstić information content (AvgIpc) is 2.67. The van der Waals surface area contributed by atoms with Gasteiger partial charge in [-0.1, -0.05) is 6.08 Å². The molecule has 2 N–H and O–H groups in total. The predicted octanol–water partition coefficient (Wildman–Crippen LogP) is 1.13. The average molecular weight is 194 g/mol. The first kappa shape index (κ1) is 9.45. The molecule has 1 aliphatic heterocycles. The maximum atomic E-state index is 5.20. The molecule has 2 heterocycles. The van der Waals surface area contributed by atoms with Crippen LogP contribution in [0.4, 0.5) is 0 Å². The van der Waals surface area contributed by atoms with Gasteiger partial charge in [-0.25, -0.2) is 0 Å². The Bertz CT molecular complexity index is 309. The molecule has 4 heteroatoms. The van der Waals surface area contributed by atoms with Crippen LogP contribution in [-0.2, 0) is 11.4 Å². The van der Waals surface area contributed by atoms with Gasteiger partial charge in [-0.15, -0.1) is 6.58 Å². The first-order chi connectivity index (χ1) is 6.92. The van der Waals surface area contributed by atoms with Gasteiger partial charge in [-0.3, -0.25) is 4.84 Å². The highest BCUT2D eigenvalue weighted by atomic mass is 16.6. The molecule has 1 aromatic heterocycles. The smallest absolute Gasteiger partial charge is 0.0955 e. The summed E-state index contributed by atoms with van der Waals surface area (Å²) in [4.78, 5) is 5.20. The van der Waals surface area contributed by atoms with E-state index in [0.717, 1.165) is 13.1 Å². The molecule has 1 aromatic rings. The zero-order valence-electron chi connectivity index (χ0n) is 7.95. The molecule has 0 amide bonds. The van der Waals surface area contributed by atoms with Crippen LogP contribution in [0.15, 0.2) is 29.6 Å². The SMILES string of the molecule is C=CCONC1CNCc2cocc21. The topological polar surface area (TPSA) is 46.4 Å². The fourth-order valence-electron chi connectivity index (χ4n) is 1.56. The minimum Gasteiger partial charge on any atom is -0.472 e. The van der Waals surface area contributed by atoms with Crippen molar-refractivity contribution in [3.8, 4) is 0 Å². The maximum absolute atomic E-state index is 5.20. The van der Waals surface area contributed by atoms with Crippen LogP contribution in [0.25, 0.3) is 0 Å². The Labute approximate surface area is 82.9 Å². The van der Waals surface area contributed by atoms with Gasteiger partial charge in [0.2, 0.25) is 0 Å². The second-order valence-electron chi connectivity index (χ2n) is 3.25. The summed E-state index contributed by atoms with van der Waals surface area (Å²) in [7, 11) is 0. The summed E-state index contributed by atoms with van der Waals surface area (Å²) in [5.74, 6) is 0. The van der Waals surface area contributed by atoms with Gasteiger partial charge in [0.25, 0.3) is 0 Å². The second kappa shape index (κ2) is 4.41. The number of fused-ring (bicyclic) bond motifs is 1. The minimum atomic E-state index is 0.164. The van der Waals surface area contributed by atoms with Gasteiger partial charge in [-0.05, 0) is 0 Å². The third kappa shape index (κ3) is 1.87. The van der Waals surface area contributed by atoms with Crippen molar-refractivity contribution in [1.82, 2.24) is 10.8 Å². The maximum Gasteiger partial charge on any atom is 0.0955 e. The van der Waals surface area contributed by atoms with Crippen molar-refractivity contribution < 1.29 is 9.25 Å². The molecule has 0 aromatic carbocycles. The van der Waals surface area contributed by atoms with E-state index >= 15 is 0 Å². The standard InChI is InChI=1S/C10H14N2O2/c1-2-3-14-12-10-5-11-4-8-6-13-7-9(8)10/h2,6-7,10-12H,1,3-5H2. The third-order valence-electron chi connectivity index (χ3n) is 2.24. The molecule has 0 aliphatic carbocycles. The van der Waals surface area contributed by atoms with Crippen molar-refractivity contribution in [2.75, 3.05) is 13.2 Å². The Morgan fingerprint density at radius 1 is 1.71 bits per heavy atom. The van der Waals surface area contributed by atoms with Crippen LogP contribution in [0.3, 0.4) is 0 Å². The highest BCUT2D eigenvalue weighted by Gasteiger charge is 2.21. The van der Waals surface area contributed by atoms with Gasteiger partial charge in [0.15, 0.2) is 0 Å². The number of rotatable bonds is 4. The van der Waals surface area contributed by atoms with Crippen LogP contribution in [0.1, 0.15) is 17.2 Å². The largest absolute Gasteiger partial charge is 0.472 e. The summed E-state index contributed by atoms with van der Waals surface area (Å²) in [6.45, 7) is 5.80. The molecule has 4 nitrogen and oxygen atoms in total. The van der Waals surface area contributed by atoms with E-state index in [1.165, 1.54) is 11.1 Å². The van der Waals surface area contributed by atoms with Gasteiger partial charge in [-0.2, -0.15) is 5.48 Å². The van der Waals surface area contributed by atoms with Crippen molar-refractivity contribution in [2.24, 2.45) is 0 Å². The molecule has 1 atom stereocenters. The first-order valence-electron chi connectivity index (χ1n) is 4.65. The molecule has 0 spiro atoms. The van der Waals surface area contributed by atoms with Crippen LogP contribution < -0.4 is 10.8 Å². The fraction of sp³-hybridized carbons (Fsp3) is 0.400. The van der Waals surface area contributed by atoms with Crippen molar-refractivity contribution >= 4 is 0 Å². The van der Waals surface area contributed by atoms with E-state index in [9.17, 15) is 0 Å². The van der Waals surface area contributed by atoms with Crippen LogP contribution in [0, 0.1) is 0 Å². The fourth-order valence-corrected chi connectivity index (χ4v) is 1.56. The molecule has 14 heavy (non-hydrogen) atoms. The second-order valence-corrected chi connectivity index (χ2v) is 3.25.